The van der Waals surface area contributed by atoms with Gasteiger partial charge in [0.15, 0.2) is 12.6 Å². The van der Waals surface area contributed by atoms with Gasteiger partial charge in [-0.1, -0.05) is 29.4 Å². The van der Waals surface area contributed by atoms with Crippen LogP contribution in [0.4, 0.5) is 0 Å². The number of hydrogen-bond acceptors (Lipinski definition) is 3. The van der Waals surface area contributed by atoms with Gasteiger partial charge in [0.2, 0.25) is 0 Å². The van der Waals surface area contributed by atoms with Crippen LogP contribution >= 0.6 is 0 Å². The first-order valence-electron chi connectivity index (χ1n) is 9.39. The van der Waals surface area contributed by atoms with Gasteiger partial charge < -0.3 is 14.2 Å². The predicted molar refractivity (Wildman–Crippen MR) is 96.4 cm³/mol. The third-order valence-corrected chi connectivity index (χ3v) is 5.75. The molecule has 0 radical (unpaired) electrons. The smallest absolute Gasteiger partial charge is 0.183 e. The van der Waals surface area contributed by atoms with E-state index in [1.807, 2.05) is 0 Å². The van der Waals surface area contributed by atoms with E-state index in [-0.39, 0.29) is 12.6 Å². The Labute approximate surface area is 146 Å². The van der Waals surface area contributed by atoms with E-state index in [4.69, 9.17) is 14.2 Å². The molecule has 0 amide bonds. The second-order valence-corrected chi connectivity index (χ2v) is 7.74. The highest BCUT2D eigenvalue weighted by Gasteiger charge is 2.49. The Balaban J connectivity index is 1.83. The van der Waals surface area contributed by atoms with Crippen molar-refractivity contribution in [2.24, 2.45) is 17.8 Å². The van der Waals surface area contributed by atoms with Crippen LogP contribution in [0.5, 0.6) is 0 Å². The van der Waals surface area contributed by atoms with Crippen molar-refractivity contribution in [1.82, 2.24) is 0 Å². The summed E-state index contributed by atoms with van der Waals surface area (Å²) in [4.78, 5) is 0. The van der Waals surface area contributed by atoms with Crippen LogP contribution in [0.3, 0.4) is 0 Å². The highest BCUT2D eigenvalue weighted by molar-refractivity contribution is 5.21. The Hall–Kier alpha value is -0.900. The summed E-state index contributed by atoms with van der Waals surface area (Å²) in [5.74, 6) is 1.59. The highest BCUT2D eigenvalue weighted by atomic mass is 16.8. The molecule has 0 saturated carbocycles. The van der Waals surface area contributed by atoms with E-state index in [2.05, 4.69) is 39.0 Å². The average molecular weight is 332 g/mol. The van der Waals surface area contributed by atoms with E-state index < -0.39 is 0 Å². The molecule has 2 heterocycles. The second kappa shape index (κ2) is 7.99. The van der Waals surface area contributed by atoms with Gasteiger partial charge in [-0.2, -0.15) is 0 Å². The first kappa shape index (κ1) is 17.9. The molecule has 1 unspecified atom stereocenters. The van der Waals surface area contributed by atoms with E-state index in [0.717, 1.165) is 19.4 Å². The Morgan fingerprint density at radius 3 is 2.92 bits per heavy atom. The van der Waals surface area contributed by atoms with Crippen molar-refractivity contribution < 1.29 is 14.2 Å². The maximum absolute atomic E-state index is 6.12. The summed E-state index contributed by atoms with van der Waals surface area (Å²) in [6.07, 6.45) is 12.4. The van der Waals surface area contributed by atoms with Gasteiger partial charge in [-0.05, 0) is 70.3 Å². The summed E-state index contributed by atoms with van der Waals surface area (Å²) < 4.78 is 17.8. The SMILES string of the molecule is COC1O[C@@H]2OC[C@@H](CCC=C(C)C)[C@H]3CC/C(C)=C\C/C=C/1[C@H]23. The van der Waals surface area contributed by atoms with E-state index in [1.165, 1.54) is 36.0 Å². The van der Waals surface area contributed by atoms with Crippen LogP contribution in [0.25, 0.3) is 0 Å². The number of methoxy groups -OCH3 is 1. The zero-order valence-corrected chi connectivity index (χ0v) is 15.6. The minimum absolute atomic E-state index is 0.121. The van der Waals surface area contributed by atoms with Crippen LogP contribution in [-0.4, -0.2) is 26.3 Å². The lowest BCUT2D eigenvalue weighted by Gasteiger charge is -2.39. The molecule has 0 N–H and O–H groups in total. The van der Waals surface area contributed by atoms with Crippen LogP contribution in [0, 0.1) is 17.8 Å². The summed E-state index contributed by atoms with van der Waals surface area (Å²) >= 11 is 0. The minimum Gasteiger partial charge on any atom is -0.352 e. The van der Waals surface area contributed by atoms with Crippen molar-refractivity contribution in [3.8, 4) is 0 Å². The molecule has 0 bridgehead atoms. The van der Waals surface area contributed by atoms with Crippen LogP contribution in [0.1, 0.15) is 52.9 Å². The lowest BCUT2D eigenvalue weighted by Crippen LogP contribution is -2.40. The largest absolute Gasteiger partial charge is 0.352 e. The van der Waals surface area contributed by atoms with Gasteiger partial charge in [-0.25, -0.2) is 0 Å². The van der Waals surface area contributed by atoms with Gasteiger partial charge in [0, 0.05) is 13.0 Å². The molecule has 24 heavy (non-hydrogen) atoms. The van der Waals surface area contributed by atoms with Crippen molar-refractivity contribution in [1.29, 1.82) is 0 Å². The Kier molecular flexibility index (Phi) is 5.96. The van der Waals surface area contributed by atoms with Gasteiger partial charge in [-0.3, -0.25) is 0 Å². The predicted octanol–water partition coefficient (Wildman–Crippen LogP) is 5.00. The molecule has 0 aromatic heterocycles. The van der Waals surface area contributed by atoms with Crippen molar-refractivity contribution in [3.05, 3.63) is 34.9 Å². The molecule has 2 saturated heterocycles. The topological polar surface area (TPSA) is 27.7 Å². The molecule has 134 valence electrons. The number of rotatable bonds is 4. The van der Waals surface area contributed by atoms with E-state index in [0.29, 0.717) is 17.8 Å². The number of hydrogen-bond donors (Lipinski definition) is 0. The average Bonchev–Trinajstić information content (AvgIpc) is 2.93. The number of ether oxygens (including phenoxy) is 3. The third kappa shape index (κ3) is 3.84. The van der Waals surface area contributed by atoms with E-state index >= 15 is 0 Å². The molecular weight excluding hydrogens is 300 g/mol. The molecule has 0 aromatic carbocycles. The highest BCUT2D eigenvalue weighted by Crippen LogP contribution is 2.48. The second-order valence-electron chi connectivity index (χ2n) is 7.74. The van der Waals surface area contributed by atoms with Crippen molar-refractivity contribution in [3.63, 3.8) is 0 Å². The van der Waals surface area contributed by atoms with Crippen LogP contribution in [0.15, 0.2) is 34.9 Å². The van der Waals surface area contributed by atoms with Gasteiger partial charge in [0.05, 0.1) is 6.61 Å². The molecule has 2 fully saturated rings. The minimum atomic E-state index is -0.231. The molecular formula is C21H32O3. The van der Waals surface area contributed by atoms with Crippen molar-refractivity contribution in [2.75, 3.05) is 13.7 Å². The maximum Gasteiger partial charge on any atom is 0.183 e. The van der Waals surface area contributed by atoms with Crippen LogP contribution in [0.2, 0.25) is 0 Å². The monoisotopic (exact) mass is 332 g/mol. The van der Waals surface area contributed by atoms with Gasteiger partial charge >= 0.3 is 0 Å². The lowest BCUT2D eigenvalue weighted by atomic mass is 9.72. The zero-order chi connectivity index (χ0) is 17.1. The fraction of sp³-hybridized carbons (Fsp3) is 0.714. The summed E-state index contributed by atoms with van der Waals surface area (Å²) in [5.41, 5.74) is 4.22. The van der Waals surface area contributed by atoms with Crippen molar-refractivity contribution in [2.45, 2.75) is 65.5 Å². The summed E-state index contributed by atoms with van der Waals surface area (Å²) in [7, 11) is 1.73. The molecule has 2 aliphatic heterocycles. The molecule has 3 rings (SSSR count). The first-order chi connectivity index (χ1) is 11.6. The molecule has 0 spiro atoms. The standard InChI is InChI=1S/C21H32O3/c1-14(2)7-5-9-16-13-23-21-19-17(16)12-11-15(3)8-6-10-18(19)20(22-4)24-21/h7-8,10,16-17,19-21H,5-6,9,11-13H2,1-4H3/b15-8-,18-10+/t16-,17-,19-,20?,21+/m1/s1. The van der Waals surface area contributed by atoms with Gasteiger partial charge in [-0.15, -0.1) is 0 Å². The molecule has 3 heteroatoms. The Bertz CT molecular complexity index is 527. The normalized spacial score (nSPS) is 40.2. The molecule has 3 nitrogen and oxygen atoms in total. The van der Waals surface area contributed by atoms with Gasteiger partial charge in [0.25, 0.3) is 0 Å². The fourth-order valence-corrected chi connectivity index (χ4v) is 4.44. The van der Waals surface area contributed by atoms with Crippen LogP contribution in [-0.2, 0) is 14.2 Å². The number of allylic oxidation sites excluding steroid dienone is 5. The summed E-state index contributed by atoms with van der Waals surface area (Å²) in [5, 5.41) is 0. The lowest BCUT2D eigenvalue weighted by molar-refractivity contribution is -0.230. The van der Waals surface area contributed by atoms with Gasteiger partial charge in [0.1, 0.15) is 0 Å². The Morgan fingerprint density at radius 1 is 1.33 bits per heavy atom. The summed E-state index contributed by atoms with van der Waals surface area (Å²) in [6.45, 7) is 7.43. The molecule has 3 aliphatic rings. The molecule has 0 aromatic rings. The zero-order valence-electron chi connectivity index (χ0n) is 15.6. The molecule has 5 atom stereocenters. The van der Waals surface area contributed by atoms with Crippen molar-refractivity contribution >= 4 is 0 Å². The van der Waals surface area contributed by atoms with Crippen LogP contribution < -0.4 is 0 Å². The maximum atomic E-state index is 6.12. The third-order valence-electron chi connectivity index (χ3n) is 5.75. The summed E-state index contributed by atoms with van der Waals surface area (Å²) in [6, 6.07) is 0. The fourth-order valence-electron chi connectivity index (χ4n) is 4.44. The van der Waals surface area contributed by atoms with E-state index in [1.54, 1.807) is 7.11 Å². The Morgan fingerprint density at radius 2 is 2.17 bits per heavy atom. The molecule has 1 aliphatic carbocycles. The van der Waals surface area contributed by atoms with E-state index in [9.17, 15) is 0 Å². The first-order valence-corrected chi connectivity index (χ1v) is 9.39. The quantitative estimate of drug-likeness (QED) is 0.678.